The van der Waals surface area contributed by atoms with Gasteiger partial charge in [-0.1, -0.05) is 0 Å². The van der Waals surface area contributed by atoms with Gasteiger partial charge in [0.2, 0.25) is 0 Å². The van der Waals surface area contributed by atoms with Crippen LogP contribution in [0.3, 0.4) is 0 Å². The molecular formula is H4BaO8S3. The normalized spacial score (nSPS) is 9.67. The predicted octanol–water partition coefficient (Wildman–Crippen LogP) is -2.26. The fourth-order valence-electron chi connectivity index (χ4n) is 0. The van der Waals surface area contributed by atoms with Crippen molar-refractivity contribution < 1.29 is 35.0 Å². The first kappa shape index (κ1) is 23.5. The summed E-state index contributed by atoms with van der Waals surface area (Å²) in [6.07, 6.45) is 0. The molecule has 0 atom stereocenters. The summed E-state index contributed by atoms with van der Waals surface area (Å²) in [6.45, 7) is 0. The van der Waals surface area contributed by atoms with Gasteiger partial charge in [0.1, 0.15) is 0 Å². The van der Waals surface area contributed by atoms with Gasteiger partial charge in [0, 0.05) is 10.4 Å². The smallest absolute Gasteiger partial charge is 0.759 e. The zero-order chi connectivity index (χ0) is 9.00. The van der Waals surface area contributed by atoms with Crippen molar-refractivity contribution in [1.29, 1.82) is 0 Å². The summed E-state index contributed by atoms with van der Waals surface area (Å²) in [5, 5.41) is 0. The van der Waals surface area contributed by atoms with Crippen molar-refractivity contribution in [2.45, 2.75) is 0 Å². The fraction of sp³-hybridized carbons (Fsp3) is 0. The Morgan fingerprint density at radius 1 is 0.917 bits per heavy atom. The van der Waals surface area contributed by atoms with Crippen molar-refractivity contribution in [1.82, 2.24) is 0 Å². The van der Waals surface area contributed by atoms with E-state index < -0.39 is 20.8 Å². The van der Waals surface area contributed by atoms with Gasteiger partial charge in [-0.05, 0) is 0 Å². The van der Waals surface area contributed by atoms with Crippen LogP contribution in [0.4, 0.5) is 0 Å². The molecule has 0 saturated heterocycles. The second-order valence-corrected chi connectivity index (χ2v) is 2.57. The molecule has 0 amide bonds. The third kappa shape index (κ3) is 480. The van der Waals surface area contributed by atoms with Crippen LogP contribution in [-0.4, -0.2) is 83.9 Å². The Bertz CT molecular complexity index is 211. The molecule has 0 aromatic heterocycles. The Morgan fingerprint density at radius 2 is 0.917 bits per heavy atom. The van der Waals surface area contributed by atoms with Gasteiger partial charge in [-0.3, -0.25) is 17.5 Å². The minimum Gasteiger partial charge on any atom is -0.759 e. The van der Waals surface area contributed by atoms with Gasteiger partial charge < -0.3 is 9.11 Å². The van der Waals surface area contributed by atoms with E-state index in [0.717, 1.165) is 0 Å². The Kier molecular flexibility index (Phi) is 18.0. The summed E-state index contributed by atoms with van der Waals surface area (Å²) in [6, 6.07) is 0. The first-order valence-corrected chi connectivity index (χ1v) is 4.10. The quantitative estimate of drug-likeness (QED) is 0.277. The van der Waals surface area contributed by atoms with Crippen LogP contribution in [0.15, 0.2) is 0 Å². The van der Waals surface area contributed by atoms with Gasteiger partial charge in [-0.15, -0.1) is 0 Å². The van der Waals surface area contributed by atoms with Gasteiger partial charge in [0.05, 0.1) is 0 Å². The molecule has 0 fully saturated rings. The van der Waals surface area contributed by atoms with E-state index in [-0.39, 0.29) is 62.4 Å². The van der Waals surface area contributed by atoms with Gasteiger partial charge in [0.15, 0.2) is 0 Å². The Labute approximate surface area is 116 Å². The molecule has 0 aromatic rings. The molecule has 0 heterocycles. The van der Waals surface area contributed by atoms with E-state index in [1.807, 2.05) is 0 Å². The molecule has 0 aliphatic rings. The summed E-state index contributed by atoms with van der Waals surface area (Å²) in [5.41, 5.74) is 0. The van der Waals surface area contributed by atoms with E-state index in [1.165, 1.54) is 0 Å². The largest absolute Gasteiger partial charge is 2.00 e. The molecule has 0 aliphatic heterocycles. The average molecular weight is 366 g/mol. The van der Waals surface area contributed by atoms with Crippen LogP contribution in [0.2, 0.25) is 0 Å². The van der Waals surface area contributed by atoms with Crippen molar-refractivity contribution in [3.05, 3.63) is 0 Å². The molecule has 0 saturated carbocycles. The van der Waals surface area contributed by atoms with Crippen LogP contribution in [0.1, 0.15) is 0 Å². The van der Waals surface area contributed by atoms with Crippen LogP contribution in [0.25, 0.3) is 0 Å². The van der Waals surface area contributed by atoms with Crippen LogP contribution in [0.5, 0.6) is 0 Å². The second-order valence-electron chi connectivity index (χ2n) is 0.856. The molecule has 8 nitrogen and oxygen atoms in total. The van der Waals surface area contributed by atoms with Gasteiger partial charge in [0.25, 0.3) is 0 Å². The van der Waals surface area contributed by atoms with Crippen molar-refractivity contribution in [2.75, 3.05) is 0 Å². The number of hydrogen-bond donors (Lipinski definition) is 2. The molecule has 12 heavy (non-hydrogen) atoms. The molecule has 0 aliphatic carbocycles. The Balaban J connectivity index is -0.0000000457. The molecule has 0 radical (unpaired) electrons. The maximum atomic E-state index is 8.74. The van der Waals surface area contributed by atoms with Gasteiger partial charge in [-0.25, -0.2) is 0 Å². The van der Waals surface area contributed by atoms with Crippen LogP contribution >= 0.6 is 13.5 Å². The van der Waals surface area contributed by atoms with Crippen molar-refractivity contribution in [3.8, 4) is 0 Å². The number of hydrogen-bond acceptors (Lipinski definition) is 6. The average Bonchev–Trinajstić information content (AvgIpc) is 1.12. The molecular weight excluding hydrogens is 362 g/mol. The minimum absolute atomic E-state index is 0. The summed E-state index contributed by atoms with van der Waals surface area (Å²) in [5.74, 6) is 0. The van der Waals surface area contributed by atoms with Crippen molar-refractivity contribution >= 4 is 83.2 Å². The topological polar surface area (TPSA) is 155 Å². The maximum absolute atomic E-state index is 8.74. The molecule has 0 spiro atoms. The predicted molar refractivity (Wildman–Crippen MR) is 40.8 cm³/mol. The molecule has 12 heteroatoms. The van der Waals surface area contributed by atoms with Crippen molar-refractivity contribution in [3.63, 3.8) is 0 Å². The third-order valence-electron chi connectivity index (χ3n) is 0. The maximum Gasteiger partial charge on any atom is 2.00 e. The summed E-state index contributed by atoms with van der Waals surface area (Å²) >= 11 is 0. The summed E-state index contributed by atoms with van der Waals surface area (Å²) < 4.78 is 65.7. The SMILES string of the molecule is O=S(=O)(O)O.O=S(=O)([O-])[O-].S.[Ba+2]. The molecule has 72 valence electrons. The monoisotopic (exact) mass is 366 g/mol. The molecule has 0 bridgehead atoms. The zero-order valence-electron chi connectivity index (χ0n) is 5.37. The minimum atomic E-state index is -5.17. The first-order valence-electron chi connectivity index (χ1n) is 1.37. The zero-order valence-corrected chi connectivity index (χ0v) is 12.4. The van der Waals surface area contributed by atoms with E-state index in [4.69, 9.17) is 35.0 Å². The van der Waals surface area contributed by atoms with E-state index in [1.54, 1.807) is 0 Å². The van der Waals surface area contributed by atoms with Crippen LogP contribution in [0, 0.1) is 0 Å². The standard InChI is InChI=1S/Ba.2H2O4S.H2S/c;2*1-5(2,3)4;/h;2*(H2,1,2,3,4);1H2/q+2;;;/p-2. The second kappa shape index (κ2) is 9.23. The Hall–Kier alpha value is 1.66. The Morgan fingerprint density at radius 3 is 0.917 bits per heavy atom. The van der Waals surface area contributed by atoms with E-state index in [9.17, 15) is 0 Å². The molecule has 2 N–H and O–H groups in total. The summed E-state index contributed by atoms with van der Waals surface area (Å²) in [7, 11) is -9.83. The van der Waals surface area contributed by atoms with Crippen LogP contribution < -0.4 is 0 Å². The fourth-order valence-corrected chi connectivity index (χ4v) is 0. The van der Waals surface area contributed by atoms with E-state index >= 15 is 0 Å². The van der Waals surface area contributed by atoms with Crippen molar-refractivity contribution in [2.24, 2.45) is 0 Å². The molecule has 0 unspecified atom stereocenters. The molecule has 0 aromatic carbocycles. The third-order valence-corrected chi connectivity index (χ3v) is 0. The van der Waals surface area contributed by atoms with Gasteiger partial charge in [-0.2, -0.15) is 21.9 Å². The van der Waals surface area contributed by atoms with Gasteiger partial charge >= 0.3 is 59.3 Å². The summed E-state index contributed by atoms with van der Waals surface area (Å²) in [4.78, 5) is 0. The number of rotatable bonds is 0. The molecule has 0 rings (SSSR count). The van der Waals surface area contributed by atoms with Crippen LogP contribution in [-0.2, 0) is 20.8 Å². The van der Waals surface area contributed by atoms with E-state index in [2.05, 4.69) is 0 Å². The van der Waals surface area contributed by atoms with E-state index in [0.29, 0.717) is 0 Å². The first-order chi connectivity index (χ1) is 4.00.